The molecule has 7 heteroatoms. The fourth-order valence-electron chi connectivity index (χ4n) is 2.47. The highest BCUT2D eigenvalue weighted by molar-refractivity contribution is 7.15. The minimum absolute atomic E-state index is 0.0357. The van der Waals surface area contributed by atoms with Gasteiger partial charge in [0.05, 0.1) is 5.92 Å². The van der Waals surface area contributed by atoms with Crippen molar-refractivity contribution in [2.75, 3.05) is 11.9 Å². The van der Waals surface area contributed by atoms with E-state index in [9.17, 15) is 9.59 Å². The van der Waals surface area contributed by atoms with E-state index in [1.54, 1.807) is 4.90 Å². The molecule has 1 aliphatic rings. The molecule has 2 rings (SSSR count). The fourth-order valence-corrected chi connectivity index (χ4v) is 3.26. The van der Waals surface area contributed by atoms with E-state index < -0.39 is 0 Å². The standard InChI is InChI=1S/C15H24N4O2S/c1-5-6-7-11-17-18-14(22-11)16-13(21)10-8-12(20)19(9-10)15(2,3)4/h10H,5-9H2,1-4H3,(H,16,18,21). The van der Waals surface area contributed by atoms with E-state index in [4.69, 9.17) is 0 Å². The van der Waals surface area contributed by atoms with E-state index >= 15 is 0 Å². The van der Waals surface area contributed by atoms with Crippen LogP contribution in [0.1, 0.15) is 52.0 Å². The van der Waals surface area contributed by atoms with Crippen molar-refractivity contribution in [3.05, 3.63) is 5.01 Å². The van der Waals surface area contributed by atoms with Gasteiger partial charge in [0.1, 0.15) is 5.01 Å². The smallest absolute Gasteiger partial charge is 0.231 e. The lowest BCUT2D eigenvalue weighted by atomic mass is 10.1. The summed E-state index contributed by atoms with van der Waals surface area (Å²) in [5.41, 5.74) is -0.248. The maximum absolute atomic E-state index is 12.3. The van der Waals surface area contributed by atoms with Crippen LogP contribution < -0.4 is 5.32 Å². The topological polar surface area (TPSA) is 75.2 Å². The molecule has 0 bridgehead atoms. The maximum Gasteiger partial charge on any atom is 0.231 e. The molecule has 122 valence electrons. The summed E-state index contributed by atoms with van der Waals surface area (Å²) >= 11 is 1.41. The van der Waals surface area contributed by atoms with Crippen molar-refractivity contribution in [1.29, 1.82) is 0 Å². The number of likely N-dealkylation sites (tertiary alicyclic amines) is 1. The van der Waals surface area contributed by atoms with E-state index in [1.165, 1.54) is 11.3 Å². The van der Waals surface area contributed by atoms with Crippen LogP contribution in [0, 0.1) is 5.92 Å². The van der Waals surface area contributed by atoms with Gasteiger partial charge in [-0.1, -0.05) is 24.7 Å². The summed E-state index contributed by atoms with van der Waals surface area (Å²) in [6.45, 7) is 8.54. The average molecular weight is 324 g/mol. The van der Waals surface area contributed by atoms with Gasteiger partial charge in [0.15, 0.2) is 0 Å². The fraction of sp³-hybridized carbons (Fsp3) is 0.733. The van der Waals surface area contributed by atoms with Crippen LogP contribution in [0.3, 0.4) is 0 Å². The monoisotopic (exact) mass is 324 g/mol. The first-order chi connectivity index (χ1) is 10.3. The second kappa shape index (κ2) is 6.73. The van der Waals surface area contributed by atoms with Gasteiger partial charge in [0.25, 0.3) is 0 Å². The molecule has 0 aromatic carbocycles. The third kappa shape index (κ3) is 4.03. The van der Waals surface area contributed by atoms with Gasteiger partial charge in [-0.2, -0.15) is 0 Å². The van der Waals surface area contributed by atoms with Crippen LogP contribution in [-0.2, 0) is 16.0 Å². The highest BCUT2D eigenvalue weighted by atomic mass is 32.1. The molecule has 1 N–H and O–H groups in total. The molecule has 1 saturated heterocycles. The molecule has 2 amide bonds. The second-order valence-corrected chi connectivity index (χ2v) is 7.73. The van der Waals surface area contributed by atoms with Crippen LogP contribution in [0.5, 0.6) is 0 Å². The molecule has 1 fully saturated rings. The quantitative estimate of drug-likeness (QED) is 0.903. The first-order valence-electron chi connectivity index (χ1n) is 7.75. The Morgan fingerprint density at radius 2 is 2.14 bits per heavy atom. The van der Waals surface area contributed by atoms with E-state index in [0.29, 0.717) is 11.7 Å². The highest BCUT2D eigenvalue weighted by Crippen LogP contribution is 2.27. The Kier molecular flexibility index (Phi) is 5.16. The largest absolute Gasteiger partial charge is 0.337 e. The molecule has 2 heterocycles. The lowest BCUT2D eigenvalue weighted by Crippen LogP contribution is -2.42. The van der Waals surface area contributed by atoms with Crippen LogP contribution in [0.15, 0.2) is 0 Å². The zero-order valence-corrected chi connectivity index (χ0v) is 14.5. The number of aromatic nitrogens is 2. The van der Waals surface area contributed by atoms with Crippen LogP contribution in [0.4, 0.5) is 5.13 Å². The number of unbranched alkanes of at least 4 members (excludes halogenated alkanes) is 1. The zero-order valence-electron chi connectivity index (χ0n) is 13.7. The summed E-state index contributed by atoms with van der Waals surface area (Å²) in [6.07, 6.45) is 3.34. The number of amides is 2. The third-order valence-electron chi connectivity index (χ3n) is 3.75. The van der Waals surface area contributed by atoms with E-state index in [-0.39, 0.29) is 29.7 Å². The van der Waals surface area contributed by atoms with Crippen molar-refractivity contribution in [3.8, 4) is 0 Å². The molecule has 0 spiro atoms. The van der Waals surface area contributed by atoms with E-state index in [1.807, 2.05) is 20.8 Å². The number of aryl methyl sites for hydroxylation is 1. The average Bonchev–Trinajstić information content (AvgIpc) is 3.02. The van der Waals surface area contributed by atoms with Gasteiger partial charge in [0, 0.05) is 24.9 Å². The van der Waals surface area contributed by atoms with Crippen molar-refractivity contribution >= 4 is 28.3 Å². The van der Waals surface area contributed by atoms with E-state index in [0.717, 1.165) is 24.3 Å². The summed E-state index contributed by atoms with van der Waals surface area (Å²) in [4.78, 5) is 26.1. The molecular weight excluding hydrogens is 300 g/mol. The minimum Gasteiger partial charge on any atom is -0.337 e. The third-order valence-corrected chi connectivity index (χ3v) is 4.65. The summed E-state index contributed by atoms with van der Waals surface area (Å²) < 4.78 is 0. The zero-order chi connectivity index (χ0) is 16.3. The van der Waals surface area contributed by atoms with Crippen molar-refractivity contribution in [1.82, 2.24) is 15.1 Å². The number of carbonyl (C=O) groups is 2. The van der Waals surface area contributed by atoms with Gasteiger partial charge in [-0.25, -0.2) is 0 Å². The molecule has 22 heavy (non-hydrogen) atoms. The minimum atomic E-state index is -0.310. The van der Waals surface area contributed by atoms with Crippen LogP contribution in [0.25, 0.3) is 0 Å². The number of rotatable bonds is 5. The van der Waals surface area contributed by atoms with Gasteiger partial charge in [-0.05, 0) is 27.2 Å². The second-order valence-electron chi connectivity index (χ2n) is 6.67. The maximum atomic E-state index is 12.3. The Labute approximate surface area is 135 Å². The lowest BCUT2D eigenvalue weighted by molar-refractivity contribution is -0.131. The van der Waals surface area contributed by atoms with Crippen molar-refractivity contribution < 1.29 is 9.59 Å². The lowest BCUT2D eigenvalue weighted by Gasteiger charge is -2.31. The molecule has 0 aliphatic carbocycles. The first kappa shape index (κ1) is 16.9. The first-order valence-corrected chi connectivity index (χ1v) is 8.56. The Morgan fingerprint density at radius 1 is 1.41 bits per heavy atom. The highest BCUT2D eigenvalue weighted by Gasteiger charge is 2.39. The Balaban J connectivity index is 1.93. The summed E-state index contributed by atoms with van der Waals surface area (Å²) in [7, 11) is 0. The van der Waals surface area contributed by atoms with Crippen molar-refractivity contribution in [2.24, 2.45) is 5.92 Å². The molecule has 6 nitrogen and oxygen atoms in total. The molecule has 1 atom stereocenters. The normalized spacial score (nSPS) is 18.8. The van der Waals surface area contributed by atoms with Crippen molar-refractivity contribution in [2.45, 2.75) is 58.9 Å². The molecular formula is C15H24N4O2S. The summed E-state index contributed by atoms with van der Waals surface area (Å²) in [6, 6.07) is 0. The molecule has 1 aliphatic heterocycles. The molecule has 0 radical (unpaired) electrons. The van der Waals surface area contributed by atoms with Gasteiger partial charge in [-0.15, -0.1) is 10.2 Å². The van der Waals surface area contributed by atoms with Crippen LogP contribution in [-0.4, -0.2) is 39.0 Å². The SMILES string of the molecule is CCCCc1nnc(NC(=O)C2CC(=O)N(C(C)(C)C)C2)s1. The Morgan fingerprint density at radius 3 is 2.73 bits per heavy atom. The molecule has 0 saturated carbocycles. The number of hydrogen-bond donors (Lipinski definition) is 1. The number of carbonyl (C=O) groups excluding carboxylic acids is 2. The predicted molar refractivity (Wildman–Crippen MR) is 86.7 cm³/mol. The van der Waals surface area contributed by atoms with Gasteiger partial charge in [0.2, 0.25) is 16.9 Å². The van der Waals surface area contributed by atoms with Crippen LogP contribution >= 0.6 is 11.3 Å². The number of nitrogens with zero attached hydrogens (tertiary/aromatic N) is 3. The van der Waals surface area contributed by atoms with E-state index in [2.05, 4.69) is 22.4 Å². The number of nitrogens with one attached hydrogen (secondary N) is 1. The van der Waals surface area contributed by atoms with Crippen LogP contribution in [0.2, 0.25) is 0 Å². The molecule has 1 aromatic heterocycles. The van der Waals surface area contributed by atoms with Crippen molar-refractivity contribution in [3.63, 3.8) is 0 Å². The van der Waals surface area contributed by atoms with Gasteiger partial charge in [-0.3, -0.25) is 9.59 Å². The molecule has 1 unspecified atom stereocenters. The summed E-state index contributed by atoms with van der Waals surface area (Å²) in [5, 5.41) is 12.4. The Hall–Kier alpha value is -1.50. The summed E-state index contributed by atoms with van der Waals surface area (Å²) in [5.74, 6) is -0.415. The molecule has 1 aromatic rings. The van der Waals surface area contributed by atoms with Gasteiger partial charge < -0.3 is 10.2 Å². The number of anilines is 1. The number of hydrogen-bond acceptors (Lipinski definition) is 5. The van der Waals surface area contributed by atoms with Gasteiger partial charge >= 0.3 is 0 Å². The Bertz CT molecular complexity index is 550. The predicted octanol–water partition coefficient (Wildman–Crippen LogP) is 2.47.